The molecule has 8 heteroatoms. The third-order valence-electron chi connectivity index (χ3n) is 6.29. The molecule has 1 fully saturated rings. The summed E-state index contributed by atoms with van der Waals surface area (Å²) in [5, 5.41) is 18.7. The first-order valence-corrected chi connectivity index (χ1v) is 11.4. The first-order chi connectivity index (χ1) is 15.9. The van der Waals surface area contributed by atoms with Crippen LogP contribution in [0.5, 0.6) is 5.75 Å². The number of hydrogen-bond acceptors (Lipinski definition) is 5. The molecule has 0 saturated carbocycles. The number of anilines is 2. The molecule has 3 heterocycles. The fourth-order valence-electron chi connectivity index (χ4n) is 4.44. The van der Waals surface area contributed by atoms with E-state index in [4.69, 9.17) is 11.6 Å². The number of hydrogen-bond donors (Lipinski definition) is 2. The average Bonchev–Trinajstić information content (AvgIpc) is 3.46. The molecule has 1 aliphatic rings. The van der Waals surface area contributed by atoms with E-state index in [-0.39, 0.29) is 5.02 Å². The van der Waals surface area contributed by atoms with Gasteiger partial charge in [-0.05, 0) is 67.4 Å². The number of rotatable bonds is 5. The standard InChI is InChI=1S/C25H25ClFN5O/c1-3-15-11-28-23-5-4-16(17-9-21(26)25(33)22(27)10-17)8-20(23)24(15)30-18-12-29-32(13-18)19-6-7-31(2)14-19/h4-5,8-13,19,33H,3,6-7,14H2,1-2H3,(H,28,30). The maximum atomic E-state index is 14.1. The number of aromatic hydroxyl groups is 1. The Morgan fingerprint density at radius 1 is 1.21 bits per heavy atom. The van der Waals surface area contributed by atoms with E-state index in [1.54, 1.807) is 6.07 Å². The number of likely N-dealkylation sites (N-methyl/N-ethyl adjacent to an activating group) is 1. The molecule has 5 rings (SSSR count). The quantitative estimate of drug-likeness (QED) is 0.391. The van der Waals surface area contributed by atoms with Gasteiger partial charge < -0.3 is 15.3 Å². The smallest absolute Gasteiger partial charge is 0.170 e. The molecular weight excluding hydrogens is 441 g/mol. The van der Waals surface area contributed by atoms with Gasteiger partial charge in [0.1, 0.15) is 0 Å². The fourth-order valence-corrected chi connectivity index (χ4v) is 4.64. The zero-order valence-electron chi connectivity index (χ0n) is 18.5. The van der Waals surface area contributed by atoms with Crippen molar-refractivity contribution in [2.45, 2.75) is 25.8 Å². The van der Waals surface area contributed by atoms with Gasteiger partial charge in [-0.1, -0.05) is 24.6 Å². The second kappa shape index (κ2) is 8.65. The Bertz CT molecular complexity index is 1310. The fraction of sp³-hybridized carbons (Fsp3) is 0.280. The van der Waals surface area contributed by atoms with E-state index in [0.717, 1.165) is 59.3 Å². The second-order valence-electron chi connectivity index (χ2n) is 8.57. The zero-order chi connectivity index (χ0) is 23.1. The van der Waals surface area contributed by atoms with Crippen LogP contribution in [0.25, 0.3) is 22.0 Å². The summed E-state index contributed by atoms with van der Waals surface area (Å²) in [6.07, 6.45) is 7.68. The summed E-state index contributed by atoms with van der Waals surface area (Å²) in [7, 11) is 2.13. The summed E-state index contributed by atoms with van der Waals surface area (Å²) in [5.41, 5.74) is 5.14. The number of phenols is 1. The lowest BCUT2D eigenvalue weighted by Crippen LogP contribution is -2.16. The van der Waals surface area contributed by atoms with E-state index in [1.165, 1.54) is 6.07 Å². The lowest BCUT2D eigenvalue weighted by atomic mass is 10.00. The molecule has 2 N–H and O–H groups in total. The minimum absolute atomic E-state index is 0.0196. The van der Waals surface area contributed by atoms with Crippen LogP contribution in [-0.2, 0) is 6.42 Å². The number of aromatic nitrogens is 3. The predicted molar refractivity (Wildman–Crippen MR) is 130 cm³/mol. The third-order valence-corrected chi connectivity index (χ3v) is 6.58. The third kappa shape index (κ3) is 4.14. The molecule has 0 spiro atoms. The highest BCUT2D eigenvalue weighted by Gasteiger charge is 2.22. The largest absolute Gasteiger partial charge is 0.504 e. The summed E-state index contributed by atoms with van der Waals surface area (Å²) < 4.78 is 16.1. The molecule has 1 saturated heterocycles. The summed E-state index contributed by atoms with van der Waals surface area (Å²) in [4.78, 5) is 6.92. The van der Waals surface area contributed by atoms with Crippen molar-refractivity contribution in [3.63, 3.8) is 0 Å². The number of fused-ring (bicyclic) bond motifs is 1. The molecule has 1 aliphatic heterocycles. The number of likely N-dealkylation sites (tertiary alicyclic amines) is 1. The van der Waals surface area contributed by atoms with Crippen LogP contribution in [0, 0.1) is 5.82 Å². The molecule has 170 valence electrons. The summed E-state index contributed by atoms with van der Waals surface area (Å²) >= 11 is 6.01. The van der Waals surface area contributed by atoms with E-state index >= 15 is 0 Å². The molecule has 4 aromatic rings. The number of pyridine rings is 1. The molecule has 0 amide bonds. The Hall–Kier alpha value is -3.16. The Balaban J connectivity index is 1.55. The Morgan fingerprint density at radius 2 is 2.06 bits per heavy atom. The summed E-state index contributed by atoms with van der Waals surface area (Å²) in [5.74, 6) is -1.29. The summed E-state index contributed by atoms with van der Waals surface area (Å²) in [6, 6.07) is 8.99. The van der Waals surface area contributed by atoms with E-state index in [2.05, 4.69) is 40.5 Å². The normalized spacial score (nSPS) is 16.5. The Kier molecular flexibility index (Phi) is 5.68. The van der Waals surface area contributed by atoms with Gasteiger partial charge in [0.05, 0.1) is 34.2 Å². The lowest BCUT2D eigenvalue weighted by molar-refractivity contribution is 0.382. The lowest BCUT2D eigenvalue weighted by Gasteiger charge is -2.14. The topological polar surface area (TPSA) is 66.2 Å². The van der Waals surface area contributed by atoms with Crippen LogP contribution >= 0.6 is 11.6 Å². The summed E-state index contributed by atoms with van der Waals surface area (Å²) in [6.45, 7) is 4.16. The van der Waals surface area contributed by atoms with Gasteiger partial charge in [0.15, 0.2) is 11.6 Å². The molecule has 1 atom stereocenters. The van der Waals surface area contributed by atoms with E-state index < -0.39 is 11.6 Å². The van der Waals surface area contributed by atoms with Gasteiger partial charge in [-0.2, -0.15) is 5.10 Å². The minimum Gasteiger partial charge on any atom is -0.504 e. The van der Waals surface area contributed by atoms with Crippen molar-refractivity contribution >= 4 is 33.9 Å². The van der Waals surface area contributed by atoms with Crippen molar-refractivity contribution in [1.82, 2.24) is 19.7 Å². The predicted octanol–water partition coefficient (Wildman–Crippen LogP) is 5.78. The number of nitrogens with one attached hydrogen (secondary N) is 1. The van der Waals surface area contributed by atoms with Crippen LogP contribution in [0.15, 0.2) is 48.9 Å². The van der Waals surface area contributed by atoms with Crippen LogP contribution < -0.4 is 5.32 Å². The van der Waals surface area contributed by atoms with Gasteiger partial charge in [-0.15, -0.1) is 0 Å². The van der Waals surface area contributed by atoms with E-state index in [9.17, 15) is 9.50 Å². The van der Waals surface area contributed by atoms with Crippen LogP contribution in [0.3, 0.4) is 0 Å². The van der Waals surface area contributed by atoms with Gasteiger partial charge in [0, 0.05) is 24.3 Å². The molecule has 0 radical (unpaired) electrons. The highest BCUT2D eigenvalue weighted by atomic mass is 35.5. The maximum Gasteiger partial charge on any atom is 0.170 e. The SMILES string of the molecule is CCc1cnc2ccc(-c3cc(F)c(O)c(Cl)c3)cc2c1Nc1cnn(C2CCN(C)C2)c1. The number of halogens is 2. The van der Waals surface area contributed by atoms with Crippen LogP contribution in [0.1, 0.15) is 24.9 Å². The van der Waals surface area contributed by atoms with E-state index in [0.29, 0.717) is 11.6 Å². The molecular formula is C25H25ClFN5O. The van der Waals surface area contributed by atoms with Gasteiger partial charge >= 0.3 is 0 Å². The maximum absolute atomic E-state index is 14.1. The molecule has 0 bridgehead atoms. The monoisotopic (exact) mass is 465 g/mol. The molecule has 6 nitrogen and oxygen atoms in total. The molecule has 2 aromatic carbocycles. The highest BCUT2D eigenvalue weighted by molar-refractivity contribution is 6.32. The first kappa shape index (κ1) is 21.7. The van der Waals surface area contributed by atoms with Gasteiger partial charge in [0.2, 0.25) is 0 Å². The van der Waals surface area contributed by atoms with Gasteiger partial charge in [-0.25, -0.2) is 4.39 Å². The highest BCUT2D eigenvalue weighted by Crippen LogP contribution is 2.36. The van der Waals surface area contributed by atoms with Crippen molar-refractivity contribution in [2.75, 3.05) is 25.5 Å². The van der Waals surface area contributed by atoms with Crippen molar-refractivity contribution in [2.24, 2.45) is 0 Å². The van der Waals surface area contributed by atoms with Crippen LogP contribution in [0.2, 0.25) is 5.02 Å². The van der Waals surface area contributed by atoms with Crippen molar-refractivity contribution in [3.8, 4) is 16.9 Å². The number of nitrogens with zero attached hydrogens (tertiary/aromatic N) is 4. The number of benzene rings is 2. The van der Waals surface area contributed by atoms with Gasteiger partial charge in [0.25, 0.3) is 0 Å². The van der Waals surface area contributed by atoms with Gasteiger partial charge in [-0.3, -0.25) is 9.67 Å². The second-order valence-corrected chi connectivity index (χ2v) is 8.98. The Morgan fingerprint density at radius 3 is 2.79 bits per heavy atom. The molecule has 33 heavy (non-hydrogen) atoms. The molecule has 1 unspecified atom stereocenters. The number of phenolic OH excluding ortho intramolecular Hbond substituents is 1. The van der Waals surface area contributed by atoms with Crippen molar-refractivity contribution in [3.05, 3.63) is 65.3 Å². The van der Waals surface area contributed by atoms with Crippen LogP contribution in [0.4, 0.5) is 15.8 Å². The first-order valence-electron chi connectivity index (χ1n) is 11.0. The van der Waals surface area contributed by atoms with E-state index in [1.807, 2.05) is 35.3 Å². The Labute approximate surface area is 196 Å². The zero-order valence-corrected chi connectivity index (χ0v) is 19.3. The van der Waals surface area contributed by atoms with Crippen LogP contribution in [-0.4, -0.2) is 44.9 Å². The average molecular weight is 466 g/mol. The molecule has 2 aromatic heterocycles. The van der Waals surface area contributed by atoms with Crippen molar-refractivity contribution < 1.29 is 9.50 Å². The molecule has 0 aliphatic carbocycles. The van der Waals surface area contributed by atoms with Crippen molar-refractivity contribution in [1.29, 1.82) is 0 Å². The number of aryl methyl sites for hydroxylation is 1. The minimum atomic E-state index is -0.749.